The van der Waals surface area contributed by atoms with Crippen LogP contribution in [0, 0.1) is 12.7 Å². The maximum absolute atomic E-state index is 14.8. The molecule has 2 aromatic heterocycles. The number of pyridine rings is 1. The maximum Gasteiger partial charge on any atom is 0.437 e. The van der Waals surface area contributed by atoms with E-state index in [9.17, 15) is 9.18 Å². The van der Waals surface area contributed by atoms with E-state index in [0.717, 1.165) is 11.3 Å². The van der Waals surface area contributed by atoms with Crippen LogP contribution in [0.15, 0.2) is 33.9 Å². The third-order valence-electron chi connectivity index (χ3n) is 3.93. The van der Waals surface area contributed by atoms with E-state index in [1.165, 1.54) is 12.3 Å². The van der Waals surface area contributed by atoms with Gasteiger partial charge < -0.3 is 25.5 Å². The molecule has 4 N–H and O–H groups in total. The number of amides is 1. The van der Waals surface area contributed by atoms with Crippen molar-refractivity contribution in [3.05, 3.63) is 47.6 Å². The smallest absolute Gasteiger partial charge is 0.437 e. The highest BCUT2D eigenvalue weighted by atomic mass is 19.1. The van der Waals surface area contributed by atoms with Gasteiger partial charge in [-0.05, 0) is 19.4 Å². The van der Waals surface area contributed by atoms with Crippen LogP contribution < -0.4 is 16.4 Å². The summed E-state index contributed by atoms with van der Waals surface area (Å²) in [6, 6.07) is 1.43. The van der Waals surface area contributed by atoms with Gasteiger partial charge in [0, 0.05) is 30.4 Å². The average molecular weight is 374 g/mol. The Morgan fingerprint density at radius 2 is 2.26 bits per heavy atom. The Labute approximate surface area is 154 Å². The van der Waals surface area contributed by atoms with Crippen molar-refractivity contribution < 1.29 is 18.3 Å². The molecule has 0 bridgehead atoms. The zero-order valence-corrected chi connectivity index (χ0v) is 14.7. The minimum atomic E-state index is -0.987. The number of aryl methyl sites for hydroxylation is 1. The molecule has 142 valence electrons. The summed E-state index contributed by atoms with van der Waals surface area (Å²) in [5.41, 5.74) is 11.3. The molecule has 0 aromatic carbocycles. The third kappa shape index (κ3) is 4.40. The van der Waals surface area contributed by atoms with Gasteiger partial charge in [0.25, 0.3) is 0 Å². The Bertz CT molecular complexity index is 904. The number of halogens is 1. The average Bonchev–Trinajstić information content (AvgIpc) is 3.07. The summed E-state index contributed by atoms with van der Waals surface area (Å²) in [6.07, 6.45) is 4.71. The second-order valence-corrected chi connectivity index (χ2v) is 5.90. The van der Waals surface area contributed by atoms with Crippen molar-refractivity contribution in [3.8, 4) is 0 Å². The summed E-state index contributed by atoms with van der Waals surface area (Å²) in [5.74, 6) is 0.529. The van der Waals surface area contributed by atoms with E-state index < -0.39 is 17.9 Å². The van der Waals surface area contributed by atoms with E-state index in [1.54, 1.807) is 11.1 Å². The van der Waals surface area contributed by atoms with E-state index in [-0.39, 0.29) is 18.0 Å². The van der Waals surface area contributed by atoms with Crippen LogP contribution in [0.5, 0.6) is 0 Å². The van der Waals surface area contributed by atoms with Crippen molar-refractivity contribution >= 4 is 23.4 Å². The number of aliphatic imine (C=N–C) groups is 1. The van der Waals surface area contributed by atoms with E-state index in [0.29, 0.717) is 25.4 Å². The van der Waals surface area contributed by atoms with Gasteiger partial charge in [0.15, 0.2) is 17.6 Å². The number of nitrogens with two attached hydrogens (primary N) is 2. The molecule has 1 aliphatic heterocycles. The molecular formula is C17H19FN6O3. The molecule has 0 saturated heterocycles. The van der Waals surface area contributed by atoms with Crippen molar-refractivity contribution in [3.63, 3.8) is 0 Å². The highest BCUT2D eigenvalue weighted by Crippen LogP contribution is 2.27. The largest absolute Gasteiger partial charge is 0.443 e. The second-order valence-electron chi connectivity index (χ2n) is 5.90. The monoisotopic (exact) mass is 374 g/mol. The van der Waals surface area contributed by atoms with Crippen molar-refractivity contribution in [2.75, 3.05) is 18.0 Å². The first kappa shape index (κ1) is 18.4. The highest BCUT2D eigenvalue weighted by molar-refractivity contribution is 5.87. The van der Waals surface area contributed by atoms with Crippen LogP contribution in [0.1, 0.15) is 23.6 Å². The highest BCUT2D eigenvalue weighted by Gasteiger charge is 2.21. The fourth-order valence-electron chi connectivity index (χ4n) is 2.64. The zero-order chi connectivity index (χ0) is 19.4. The second kappa shape index (κ2) is 7.85. The van der Waals surface area contributed by atoms with Gasteiger partial charge in [0.2, 0.25) is 5.89 Å². The SMILES string of the molecule is Cc1cnc(C2=CCN(c3nccc(COC(=O)N=C(N)N)c3F)CC2)o1. The number of aromatic nitrogens is 2. The van der Waals surface area contributed by atoms with Crippen LogP contribution in [0.4, 0.5) is 15.0 Å². The minimum Gasteiger partial charge on any atom is -0.443 e. The number of ether oxygens (including phenoxy) is 1. The summed E-state index contributed by atoms with van der Waals surface area (Å²) in [5, 5.41) is 0. The third-order valence-corrected chi connectivity index (χ3v) is 3.93. The summed E-state index contributed by atoms with van der Waals surface area (Å²) < 4.78 is 25.1. The molecule has 3 heterocycles. The van der Waals surface area contributed by atoms with Gasteiger partial charge in [-0.3, -0.25) is 0 Å². The van der Waals surface area contributed by atoms with Gasteiger partial charge >= 0.3 is 6.09 Å². The van der Waals surface area contributed by atoms with E-state index in [4.69, 9.17) is 20.6 Å². The van der Waals surface area contributed by atoms with Gasteiger partial charge in [-0.2, -0.15) is 0 Å². The number of carbonyl (C=O) groups excluding carboxylic acids is 1. The Kier molecular flexibility index (Phi) is 5.34. The summed E-state index contributed by atoms with van der Waals surface area (Å²) in [7, 11) is 0. The van der Waals surface area contributed by atoms with Crippen LogP contribution in [0.2, 0.25) is 0 Å². The molecule has 0 spiro atoms. The molecule has 0 radical (unpaired) electrons. The Balaban J connectivity index is 1.70. The Morgan fingerprint density at radius 3 is 2.89 bits per heavy atom. The van der Waals surface area contributed by atoms with Crippen LogP contribution in [-0.4, -0.2) is 35.1 Å². The fraction of sp³-hybridized carbons (Fsp3) is 0.294. The maximum atomic E-state index is 14.8. The molecule has 0 unspecified atom stereocenters. The quantitative estimate of drug-likeness (QED) is 0.610. The van der Waals surface area contributed by atoms with Crippen molar-refractivity contribution in [2.24, 2.45) is 16.5 Å². The normalized spacial score (nSPS) is 13.9. The number of oxazole rings is 1. The van der Waals surface area contributed by atoms with Gasteiger partial charge in [0.1, 0.15) is 12.4 Å². The molecule has 0 aliphatic carbocycles. The minimum absolute atomic E-state index is 0.178. The molecule has 3 rings (SSSR count). The molecule has 9 nitrogen and oxygen atoms in total. The predicted molar refractivity (Wildman–Crippen MR) is 96.2 cm³/mol. The number of hydrogen-bond donors (Lipinski definition) is 2. The number of guanidine groups is 1. The summed E-state index contributed by atoms with van der Waals surface area (Å²) >= 11 is 0. The van der Waals surface area contributed by atoms with Crippen LogP contribution in [0.3, 0.4) is 0 Å². The molecule has 0 fully saturated rings. The number of anilines is 1. The van der Waals surface area contributed by atoms with Gasteiger partial charge in [-0.1, -0.05) is 6.08 Å². The Morgan fingerprint density at radius 1 is 1.44 bits per heavy atom. The molecule has 10 heteroatoms. The molecular weight excluding hydrogens is 355 g/mol. The van der Waals surface area contributed by atoms with Crippen LogP contribution in [-0.2, 0) is 11.3 Å². The van der Waals surface area contributed by atoms with Crippen LogP contribution in [0.25, 0.3) is 5.57 Å². The standard InChI is InChI=1S/C17H19FN6O3/c1-10-8-22-15(27-10)11-3-6-24(7-4-11)14-13(18)12(2-5-21-14)9-26-17(25)23-16(19)20/h2-3,5,8H,4,6-7,9H2,1H3,(H4,19,20,23,25). The topological polar surface area (TPSA) is 133 Å². The lowest BCUT2D eigenvalue weighted by molar-refractivity contribution is 0.149. The van der Waals surface area contributed by atoms with Gasteiger partial charge in [-0.15, -0.1) is 4.99 Å². The first-order chi connectivity index (χ1) is 12.9. The van der Waals surface area contributed by atoms with E-state index in [1.807, 2.05) is 13.0 Å². The van der Waals surface area contributed by atoms with E-state index >= 15 is 0 Å². The number of nitrogens with zero attached hydrogens (tertiary/aromatic N) is 4. The van der Waals surface area contributed by atoms with Gasteiger partial charge in [0.05, 0.1) is 6.20 Å². The fourth-order valence-corrected chi connectivity index (χ4v) is 2.64. The summed E-state index contributed by atoms with van der Waals surface area (Å²) in [4.78, 5) is 24.7. The Hall–Kier alpha value is -3.43. The molecule has 1 amide bonds. The molecule has 27 heavy (non-hydrogen) atoms. The van der Waals surface area contributed by atoms with Gasteiger partial charge in [-0.25, -0.2) is 19.2 Å². The predicted octanol–water partition coefficient (Wildman–Crippen LogP) is 1.72. The lowest BCUT2D eigenvalue weighted by atomic mass is 10.1. The van der Waals surface area contributed by atoms with Crippen LogP contribution >= 0.6 is 0 Å². The summed E-state index contributed by atoms with van der Waals surface area (Å²) in [6.45, 7) is 2.53. The molecule has 1 aliphatic rings. The first-order valence-corrected chi connectivity index (χ1v) is 8.20. The lowest BCUT2D eigenvalue weighted by Gasteiger charge is -2.27. The number of rotatable bonds is 4. The first-order valence-electron chi connectivity index (χ1n) is 8.20. The lowest BCUT2D eigenvalue weighted by Crippen LogP contribution is -2.30. The van der Waals surface area contributed by atoms with E-state index in [2.05, 4.69) is 15.0 Å². The van der Waals surface area contributed by atoms with Crippen molar-refractivity contribution in [1.82, 2.24) is 9.97 Å². The number of carbonyl (C=O) groups is 1. The molecule has 0 atom stereocenters. The zero-order valence-electron chi connectivity index (χ0n) is 14.7. The van der Waals surface area contributed by atoms with Crippen molar-refractivity contribution in [1.29, 1.82) is 0 Å². The molecule has 0 saturated carbocycles. The van der Waals surface area contributed by atoms with Crippen molar-refractivity contribution in [2.45, 2.75) is 20.0 Å². The molecule has 2 aromatic rings. The number of hydrogen-bond acceptors (Lipinski definition) is 6.